The Morgan fingerprint density at radius 3 is 2.77 bits per heavy atom. The second kappa shape index (κ2) is 6.92. The Bertz CT molecular complexity index is 653. The van der Waals surface area contributed by atoms with Gasteiger partial charge in [-0.25, -0.2) is 9.98 Å². The molecule has 0 aliphatic rings. The van der Waals surface area contributed by atoms with Crippen molar-refractivity contribution in [2.24, 2.45) is 10.7 Å². The van der Waals surface area contributed by atoms with Gasteiger partial charge in [-0.05, 0) is 24.1 Å². The van der Waals surface area contributed by atoms with E-state index in [0.717, 1.165) is 22.8 Å². The number of thiazole rings is 1. The topological polar surface area (TPSA) is 63.3 Å². The minimum absolute atomic E-state index is 0.0804. The third-order valence-electron chi connectivity index (χ3n) is 3.21. The van der Waals surface area contributed by atoms with Gasteiger partial charge in [0.25, 0.3) is 0 Å². The molecule has 22 heavy (non-hydrogen) atoms. The number of hydrogen-bond donors (Lipinski definition) is 2. The highest BCUT2D eigenvalue weighted by Crippen LogP contribution is 2.25. The van der Waals surface area contributed by atoms with Crippen molar-refractivity contribution in [3.63, 3.8) is 0 Å². The van der Waals surface area contributed by atoms with Crippen LogP contribution in [-0.4, -0.2) is 10.9 Å². The van der Waals surface area contributed by atoms with Crippen LogP contribution in [0.1, 0.15) is 44.0 Å². The van der Waals surface area contributed by atoms with Crippen LogP contribution in [0.2, 0.25) is 0 Å². The van der Waals surface area contributed by atoms with Crippen molar-refractivity contribution in [1.82, 2.24) is 4.98 Å². The number of rotatable bonds is 4. The van der Waals surface area contributed by atoms with Gasteiger partial charge in [0.15, 0.2) is 5.96 Å². The Labute approximate surface area is 136 Å². The summed E-state index contributed by atoms with van der Waals surface area (Å²) in [5.74, 6) is 0.415. The second-order valence-electron chi connectivity index (χ2n) is 6.27. The SMILES string of the molecule is CCc1cccc(NC(N)=NCc2csc(C(C)(C)C)n2)c1. The molecule has 3 N–H and O–H groups in total. The second-order valence-corrected chi connectivity index (χ2v) is 7.13. The first-order valence-electron chi connectivity index (χ1n) is 7.49. The van der Waals surface area contributed by atoms with Crippen LogP contribution < -0.4 is 11.1 Å². The van der Waals surface area contributed by atoms with E-state index in [2.05, 4.69) is 60.5 Å². The molecule has 5 heteroatoms. The monoisotopic (exact) mass is 316 g/mol. The van der Waals surface area contributed by atoms with Crippen molar-refractivity contribution < 1.29 is 0 Å². The summed E-state index contributed by atoms with van der Waals surface area (Å²) in [6, 6.07) is 8.19. The van der Waals surface area contributed by atoms with Gasteiger partial charge in [-0.15, -0.1) is 11.3 Å². The predicted molar refractivity (Wildman–Crippen MR) is 95.6 cm³/mol. The first kappa shape index (κ1) is 16.5. The van der Waals surface area contributed by atoms with Crippen LogP contribution in [0.4, 0.5) is 5.69 Å². The molecule has 0 aliphatic carbocycles. The van der Waals surface area contributed by atoms with Gasteiger partial charge in [-0.1, -0.05) is 39.8 Å². The average molecular weight is 316 g/mol. The summed E-state index contributed by atoms with van der Waals surface area (Å²) in [6.07, 6.45) is 1.00. The lowest BCUT2D eigenvalue weighted by Crippen LogP contribution is -2.22. The standard InChI is InChI=1S/C17H24N4S/c1-5-12-7-6-8-13(9-12)21-16(18)19-10-14-11-22-15(20-14)17(2,3)4/h6-9,11H,5,10H2,1-4H3,(H3,18,19,21). The Morgan fingerprint density at radius 2 is 2.14 bits per heavy atom. The fourth-order valence-electron chi connectivity index (χ4n) is 1.95. The van der Waals surface area contributed by atoms with Crippen LogP contribution in [0.25, 0.3) is 0 Å². The number of aryl methyl sites for hydroxylation is 1. The van der Waals surface area contributed by atoms with Crippen molar-refractivity contribution in [3.05, 3.63) is 45.9 Å². The lowest BCUT2D eigenvalue weighted by Gasteiger charge is -2.13. The molecule has 0 saturated heterocycles. The lowest BCUT2D eigenvalue weighted by atomic mass is 9.98. The number of anilines is 1. The highest BCUT2D eigenvalue weighted by Gasteiger charge is 2.17. The Morgan fingerprint density at radius 1 is 1.36 bits per heavy atom. The van der Waals surface area contributed by atoms with Gasteiger partial charge in [-0.3, -0.25) is 0 Å². The first-order chi connectivity index (χ1) is 10.4. The highest BCUT2D eigenvalue weighted by molar-refractivity contribution is 7.09. The van der Waals surface area contributed by atoms with E-state index in [1.807, 2.05) is 12.1 Å². The van der Waals surface area contributed by atoms with Crippen molar-refractivity contribution in [1.29, 1.82) is 0 Å². The third kappa shape index (κ3) is 4.56. The number of nitrogens with one attached hydrogen (secondary N) is 1. The van der Waals surface area contributed by atoms with E-state index in [1.165, 1.54) is 5.56 Å². The number of aliphatic imine (C=N–C) groups is 1. The maximum Gasteiger partial charge on any atom is 0.193 e. The van der Waals surface area contributed by atoms with Crippen LogP contribution >= 0.6 is 11.3 Å². The van der Waals surface area contributed by atoms with Crippen molar-refractivity contribution in [2.45, 2.75) is 46.1 Å². The summed E-state index contributed by atoms with van der Waals surface area (Å²) in [5, 5.41) is 6.30. The minimum Gasteiger partial charge on any atom is -0.370 e. The largest absolute Gasteiger partial charge is 0.370 e. The summed E-state index contributed by atoms with van der Waals surface area (Å²) in [7, 11) is 0. The zero-order valence-electron chi connectivity index (χ0n) is 13.7. The molecule has 0 bridgehead atoms. The van der Waals surface area contributed by atoms with Crippen LogP contribution in [0, 0.1) is 0 Å². The van der Waals surface area contributed by atoms with E-state index in [0.29, 0.717) is 12.5 Å². The van der Waals surface area contributed by atoms with Gasteiger partial charge >= 0.3 is 0 Å². The number of benzene rings is 1. The van der Waals surface area contributed by atoms with Gasteiger partial charge in [0.2, 0.25) is 0 Å². The zero-order valence-corrected chi connectivity index (χ0v) is 14.5. The molecule has 2 aromatic rings. The fourth-order valence-corrected chi connectivity index (χ4v) is 2.85. The Hall–Kier alpha value is -1.88. The molecule has 2 rings (SSSR count). The van der Waals surface area contributed by atoms with Crippen LogP contribution in [0.5, 0.6) is 0 Å². The molecule has 1 aromatic carbocycles. The molecule has 0 radical (unpaired) electrons. The number of nitrogens with zero attached hydrogens (tertiary/aromatic N) is 2. The van der Waals surface area contributed by atoms with Crippen molar-refractivity contribution in [3.8, 4) is 0 Å². The van der Waals surface area contributed by atoms with E-state index < -0.39 is 0 Å². The van der Waals surface area contributed by atoms with Crippen LogP contribution in [0.3, 0.4) is 0 Å². The normalized spacial score (nSPS) is 12.5. The molecule has 4 nitrogen and oxygen atoms in total. The molecule has 0 saturated carbocycles. The molecule has 0 atom stereocenters. The molecular formula is C17H24N4S. The van der Waals surface area contributed by atoms with E-state index in [4.69, 9.17) is 5.73 Å². The molecule has 1 aromatic heterocycles. The molecule has 0 aliphatic heterocycles. The number of guanidine groups is 1. The molecule has 0 unspecified atom stereocenters. The molecule has 1 heterocycles. The number of nitrogens with two attached hydrogens (primary N) is 1. The van der Waals surface area contributed by atoms with E-state index in [9.17, 15) is 0 Å². The number of hydrogen-bond acceptors (Lipinski definition) is 3. The van der Waals surface area contributed by atoms with Crippen molar-refractivity contribution >= 4 is 23.0 Å². The average Bonchev–Trinajstić information content (AvgIpc) is 2.94. The first-order valence-corrected chi connectivity index (χ1v) is 8.37. The molecule has 0 fully saturated rings. The van der Waals surface area contributed by atoms with Gasteiger partial charge < -0.3 is 11.1 Å². The summed E-state index contributed by atoms with van der Waals surface area (Å²) in [4.78, 5) is 8.98. The predicted octanol–water partition coefficient (Wildman–Crippen LogP) is 3.93. The molecule has 0 amide bonds. The maximum absolute atomic E-state index is 5.95. The summed E-state index contributed by atoms with van der Waals surface area (Å²) in [5.41, 5.74) is 9.23. The molecule has 118 valence electrons. The molecular weight excluding hydrogens is 292 g/mol. The van der Waals surface area contributed by atoms with Crippen LogP contribution in [0.15, 0.2) is 34.6 Å². The Kier molecular flexibility index (Phi) is 5.19. The quantitative estimate of drug-likeness (QED) is 0.663. The van der Waals surface area contributed by atoms with E-state index in [1.54, 1.807) is 11.3 Å². The van der Waals surface area contributed by atoms with Gasteiger partial charge in [0, 0.05) is 16.5 Å². The van der Waals surface area contributed by atoms with E-state index >= 15 is 0 Å². The van der Waals surface area contributed by atoms with Gasteiger partial charge in [-0.2, -0.15) is 0 Å². The van der Waals surface area contributed by atoms with Crippen LogP contribution in [-0.2, 0) is 18.4 Å². The van der Waals surface area contributed by atoms with Gasteiger partial charge in [0.1, 0.15) is 0 Å². The van der Waals surface area contributed by atoms with E-state index in [-0.39, 0.29) is 5.41 Å². The summed E-state index contributed by atoms with van der Waals surface area (Å²) >= 11 is 1.68. The fraction of sp³-hybridized carbons (Fsp3) is 0.412. The maximum atomic E-state index is 5.95. The van der Waals surface area contributed by atoms with Crippen molar-refractivity contribution in [2.75, 3.05) is 5.32 Å². The Balaban J connectivity index is 1.99. The zero-order chi connectivity index (χ0) is 16.2. The van der Waals surface area contributed by atoms with Gasteiger partial charge in [0.05, 0.1) is 17.2 Å². The third-order valence-corrected chi connectivity index (χ3v) is 4.53. The molecule has 0 spiro atoms. The summed E-state index contributed by atoms with van der Waals surface area (Å²) in [6.45, 7) is 9.12. The smallest absolute Gasteiger partial charge is 0.193 e. The number of aromatic nitrogens is 1. The highest BCUT2D eigenvalue weighted by atomic mass is 32.1. The summed E-state index contributed by atoms with van der Waals surface area (Å²) < 4.78 is 0. The minimum atomic E-state index is 0.0804. The lowest BCUT2D eigenvalue weighted by molar-refractivity contribution is 0.583.